The highest BCUT2D eigenvalue weighted by atomic mass is 16.2. The summed E-state index contributed by atoms with van der Waals surface area (Å²) in [5.41, 5.74) is 0. The summed E-state index contributed by atoms with van der Waals surface area (Å²) in [6, 6.07) is 2.38. The molecule has 0 aliphatic heterocycles. The summed E-state index contributed by atoms with van der Waals surface area (Å²) in [6.07, 6.45) is 15.1. The predicted octanol–water partition coefficient (Wildman–Crippen LogP) is 3.68. The van der Waals surface area contributed by atoms with Gasteiger partial charge < -0.3 is 5.32 Å². The topological polar surface area (TPSA) is 46.9 Å². The van der Waals surface area contributed by atoms with Gasteiger partial charge in [0, 0.05) is 12.0 Å². The second kappa shape index (κ2) is 6.25. The minimum Gasteiger partial charge on any atom is -0.311 e. The molecule has 1 heterocycles. The maximum Gasteiger partial charge on any atom is 0.228 e. The van der Waals surface area contributed by atoms with E-state index in [4.69, 9.17) is 0 Å². The zero-order valence-corrected chi connectivity index (χ0v) is 11.9. The average Bonchev–Trinajstić information content (AvgIpc) is 2.97. The Balaban J connectivity index is 1.66. The summed E-state index contributed by atoms with van der Waals surface area (Å²) in [6.45, 7) is 0. The Hall–Kier alpha value is -1.58. The molecule has 1 fully saturated rings. The molecular formula is C16H23N3O. The van der Waals surface area contributed by atoms with Gasteiger partial charge >= 0.3 is 0 Å². The fraction of sp³-hybridized carbons (Fsp3) is 0.625. The molecule has 4 heteroatoms. The zero-order chi connectivity index (χ0) is 13.8. The Morgan fingerprint density at radius 3 is 2.80 bits per heavy atom. The predicted molar refractivity (Wildman–Crippen MR) is 79.5 cm³/mol. The molecule has 1 aromatic heterocycles. The SMILES string of the molecule is O=C(Nc1ccnn1C1CCCCC1)[C@@H]1CC=CCC1. The number of rotatable bonds is 3. The third-order valence-electron chi connectivity index (χ3n) is 4.48. The maximum atomic E-state index is 12.3. The number of allylic oxidation sites excluding steroid dienone is 2. The number of aromatic nitrogens is 2. The van der Waals surface area contributed by atoms with Gasteiger partial charge in [-0.3, -0.25) is 4.79 Å². The highest BCUT2D eigenvalue weighted by Gasteiger charge is 2.22. The van der Waals surface area contributed by atoms with E-state index in [1.165, 1.54) is 32.1 Å². The van der Waals surface area contributed by atoms with E-state index < -0.39 is 0 Å². The van der Waals surface area contributed by atoms with Crippen LogP contribution in [0.15, 0.2) is 24.4 Å². The first-order chi connectivity index (χ1) is 9.84. The minimum atomic E-state index is 0.120. The zero-order valence-electron chi connectivity index (χ0n) is 11.9. The summed E-state index contributed by atoms with van der Waals surface area (Å²) in [4.78, 5) is 12.3. The molecule has 2 aliphatic rings. The van der Waals surface area contributed by atoms with Crippen LogP contribution in [0.3, 0.4) is 0 Å². The van der Waals surface area contributed by atoms with Crippen molar-refractivity contribution in [1.82, 2.24) is 9.78 Å². The lowest BCUT2D eigenvalue weighted by Crippen LogP contribution is -2.26. The Bertz CT molecular complexity index is 486. The third-order valence-corrected chi connectivity index (χ3v) is 4.48. The normalized spacial score (nSPS) is 23.7. The van der Waals surface area contributed by atoms with Crippen molar-refractivity contribution in [3.8, 4) is 0 Å². The lowest BCUT2D eigenvalue weighted by Gasteiger charge is -2.24. The van der Waals surface area contributed by atoms with Crippen molar-refractivity contribution in [3.63, 3.8) is 0 Å². The third kappa shape index (κ3) is 2.94. The van der Waals surface area contributed by atoms with E-state index >= 15 is 0 Å². The number of hydrogen-bond acceptors (Lipinski definition) is 2. The van der Waals surface area contributed by atoms with Crippen LogP contribution < -0.4 is 5.32 Å². The van der Waals surface area contributed by atoms with Gasteiger partial charge in [0.25, 0.3) is 0 Å². The summed E-state index contributed by atoms with van der Waals surface area (Å²) in [7, 11) is 0. The van der Waals surface area contributed by atoms with Gasteiger partial charge in [0.1, 0.15) is 5.82 Å². The second-order valence-corrected chi connectivity index (χ2v) is 5.92. The molecular weight excluding hydrogens is 250 g/mol. The molecule has 1 amide bonds. The molecule has 2 aliphatic carbocycles. The van der Waals surface area contributed by atoms with E-state index in [1.54, 1.807) is 6.20 Å². The number of hydrogen-bond donors (Lipinski definition) is 1. The van der Waals surface area contributed by atoms with Crippen LogP contribution in [0, 0.1) is 5.92 Å². The van der Waals surface area contributed by atoms with Crippen molar-refractivity contribution >= 4 is 11.7 Å². The number of nitrogens with zero attached hydrogens (tertiary/aromatic N) is 2. The monoisotopic (exact) mass is 273 g/mol. The van der Waals surface area contributed by atoms with Gasteiger partial charge in [0.15, 0.2) is 0 Å². The number of amides is 1. The summed E-state index contributed by atoms with van der Waals surface area (Å²) < 4.78 is 2.02. The molecule has 0 radical (unpaired) electrons. The van der Waals surface area contributed by atoms with Crippen molar-refractivity contribution in [1.29, 1.82) is 0 Å². The summed E-state index contributed by atoms with van der Waals surface area (Å²) in [5, 5.41) is 7.51. The van der Waals surface area contributed by atoms with Gasteiger partial charge in [-0.15, -0.1) is 0 Å². The first-order valence-electron chi connectivity index (χ1n) is 7.84. The first-order valence-corrected chi connectivity index (χ1v) is 7.84. The lowest BCUT2D eigenvalue weighted by molar-refractivity contribution is -0.120. The molecule has 0 spiro atoms. The number of carbonyl (C=O) groups is 1. The Morgan fingerprint density at radius 1 is 1.20 bits per heavy atom. The number of nitrogens with one attached hydrogen (secondary N) is 1. The van der Waals surface area contributed by atoms with Gasteiger partial charge in [-0.2, -0.15) is 5.10 Å². The molecule has 1 saturated carbocycles. The van der Waals surface area contributed by atoms with Gasteiger partial charge in [0.05, 0.1) is 12.2 Å². The molecule has 0 aromatic carbocycles. The van der Waals surface area contributed by atoms with Crippen LogP contribution in [0.1, 0.15) is 57.4 Å². The van der Waals surface area contributed by atoms with E-state index in [2.05, 4.69) is 22.6 Å². The molecule has 1 aromatic rings. The quantitative estimate of drug-likeness (QED) is 0.854. The van der Waals surface area contributed by atoms with E-state index in [0.717, 1.165) is 25.1 Å². The summed E-state index contributed by atoms with van der Waals surface area (Å²) >= 11 is 0. The highest BCUT2D eigenvalue weighted by molar-refractivity contribution is 5.91. The molecule has 4 nitrogen and oxygen atoms in total. The van der Waals surface area contributed by atoms with Gasteiger partial charge in [-0.25, -0.2) is 4.68 Å². The molecule has 0 bridgehead atoms. The average molecular weight is 273 g/mol. The van der Waals surface area contributed by atoms with Crippen LogP contribution in [-0.4, -0.2) is 15.7 Å². The highest BCUT2D eigenvalue weighted by Crippen LogP contribution is 2.30. The van der Waals surface area contributed by atoms with Crippen LogP contribution in [0.5, 0.6) is 0 Å². The lowest BCUT2D eigenvalue weighted by atomic mass is 9.93. The molecule has 108 valence electrons. The van der Waals surface area contributed by atoms with Crippen molar-refractivity contribution < 1.29 is 4.79 Å². The second-order valence-electron chi connectivity index (χ2n) is 5.92. The van der Waals surface area contributed by atoms with Crippen molar-refractivity contribution in [3.05, 3.63) is 24.4 Å². The van der Waals surface area contributed by atoms with Crippen molar-refractivity contribution in [2.45, 2.75) is 57.4 Å². The molecule has 1 atom stereocenters. The smallest absolute Gasteiger partial charge is 0.228 e. The van der Waals surface area contributed by atoms with E-state index in [9.17, 15) is 4.79 Å². The van der Waals surface area contributed by atoms with Crippen LogP contribution in [0.4, 0.5) is 5.82 Å². The first kappa shape index (κ1) is 13.4. The Morgan fingerprint density at radius 2 is 2.05 bits per heavy atom. The largest absolute Gasteiger partial charge is 0.311 e. The fourth-order valence-corrected chi connectivity index (χ4v) is 3.29. The van der Waals surface area contributed by atoms with Gasteiger partial charge in [-0.1, -0.05) is 31.4 Å². The molecule has 0 unspecified atom stereocenters. The van der Waals surface area contributed by atoms with Crippen molar-refractivity contribution in [2.24, 2.45) is 5.92 Å². The van der Waals surface area contributed by atoms with Crippen LogP contribution in [0.25, 0.3) is 0 Å². The van der Waals surface area contributed by atoms with E-state index in [1.807, 2.05) is 10.7 Å². The number of anilines is 1. The molecule has 1 N–H and O–H groups in total. The Kier molecular flexibility index (Phi) is 4.19. The van der Waals surface area contributed by atoms with Crippen LogP contribution in [0.2, 0.25) is 0 Å². The molecule has 0 saturated heterocycles. The summed E-state index contributed by atoms with van der Waals surface area (Å²) in [5.74, 6) is 1.14. The van der Waals surface area contributed by atoms with Crippen molar-refractivity contribution in [2.75, 3.05) is 5.32 Å². The maximum absolute atomic E-state index is 12.3. The van der Waals surface area contributed by atoms with Crippen LogP contribution >= 0.6 is 0 Å². The standard InChI is InChI=1S/C16H23N3O/c20-16(13-7-3-1-4-8-13)18-15-11-12-17-19(15)14-9-5-2-6-10-14/h1,3,11-14H,2,4-10H2,(H,18,20)/t13-/m1/s1. The van der Waals surface area contributed by atoms with E-state index in [0.29, 0.717) is 6.04 Å². The molecule has 20 heavy (non-hydrogen) atoms. The van der Waals surface area contributed by atoms with Gasteiger partial charge in [-0.05, 0) is 32.1 Å². The Labute approximate surface area is 120 Å². The van der Waals surface area contributed by atoms with Crippen LogP contribution in [-0.2, 0) is 4.79 Å². The minimum absolute atomic E-state index is 0.120. The number of carbonyl (C=O) groups excluding carboxylic acids is 1. The fourth-order valence-electron chi connectivity index (χ4n) is 3.29. The van der Waals surface area contributed by atoms with Gasteiger partial charge in [0.2, 0.25) is 5.91 Å². The van der Waals surface area contributed by atoms with E-state index in [-0.39, 0.29) is 11.8 Å². The molecule has 3 rings (SSSR count).